The van der Waals surface area contributed by atoms with Gasteiger partial charge in [-0.25, -0.2) is 9.97 Å². The van der Waals surface area contributed by atoms with E-state index < -0.39 is 0 Å². The quantitative estimate of drug-likeness (QED) is 0.904. The van der Waals surface area contributed by atoms with Crippen molar-refractivity contribution in [3.05, 3.63) is 34.6 Å². The molecule has 0 bridgehead atoms. The van der Waals surface area contributed by atoms with Crippen molar-refractivity contribution in [1.82, 2.24) is 9.97 Å². The first-order valence-electron chi connectivity index (χ1n) is 5.76. The van der Waals surface area contributed by atoms with E-state index in [9.17, 15) is 0 Å². The van der Waals surface area contributed by atoms with Gasteiger partial charge in [-0.05, 0) is 41.1 Å². The Morgan fingerprint density at radius 3 is 2.53 bits per heavy atom. The SMILES string of the molecule is CNc1cc(Nc2ccc(OC)c(Br)c2)nc(C)n1. The molecule has 1 aromatic heterocycles. The highest BCUT2D eigenvalue weighted by molar-refractivity contribution is 9.10. The number of ether oxygens (including phenoxy) is 1. The number of aromatic nitrogens is 2. The summed E-state index contributed by atoms with van der Waals surface area (Å²) in [5.74, 6) is 3.03. The molecule has 0 atom stereocenters. The summed E-state index contributed by atoms with van der Waals surface area (Å²) in [6.07, 6.45) is 0. The van der Waals surface area contributed by atoms with Gasteiger partial charge in [-0.15, -0.1) is 0 Å². The Morgan fingerprint density at radius 2 is 1.89 bits per heavy atom. The molecule has 2 rings (SSSR count). The fourth-order valence-corrected chi connectivity index (χ4v) is 2.19. The van der Waals surface area contributed by atoms with Crippen LogP contribution in [0.4, 0.5) is 17.3 Å². The van der Waals surface area contributed by atoms with Gasteiger partial charge < -0.3 is 15.4 Å². The molecule has 0 radical (unpaired) electrons. The second-order valence-electron chi connectivity index (χ2n) is 3.91. The Balaban J connectivity index is 2.25. The van der Waals surface area contributed by atoms with E-state index in [4.69, 9.17) is 4.74 Å². The van der Waals surface area contributed by atoms with Crippen LogP contribution in [0.3, 0.4) is 0 Å². The molecule has 0 saturated carbocycles. The maximum Gasteiger partial charge on any atom is 0.136 e. The van der Waals surface area contributed by atoms with E-state index in [0.29, 0.717) is 5.82 Å². The van der Waals surface area contributed by atoms with Crippen LogP contribution in [-0.2, 0) is 0 Å². The summed E-state index contributed by atoms with van der Waals surface area (Å²) < 4.78 is 6.08. The third kappa shape index (κ3) is 3.35. The summed E-state index contributed by atoms with van der Waals surface area (Å²) in [5.41, 5.74) is 0.924. The lowest BCUT2D eigenvalue weighted by Gasteiger charge is -2.10. The molecule has 2 aromatic rings. The van der Waals surface area contributed by atoms with Crippen LogP contribution < -0.4 is 15.4 Å². The van der Waals surface area contributed by atoms with E-state index in [1.165, 1.54) is 0 Å². The molecule has 100 valence electrons. The maximum atomic E-state index is 5.20. The smallest absolute Gasteiger partial charge is 0.136 e. The van der Waals surface area contributed by atoms with Gasteiger partial charge in [0.25, 0.3) is 0 Å². The highest BCUT2D eigenvalue weighted by Crippen LogP contribution is 2.29. The zero-order valence-corrected chi connectivity index (χ0v) is 12.6. The molecule has 0 unspecified atom stereocenters. The molecule has 5 nitrogen and oxygen atoms in total. The fraction of sp³-hybridized carbons (Fsp3) is 0.231. The molecule has 6 heteroatoms. The lowest BCUT2D eigenvalue weighted by molar-refractivity contribution is 0.412. The molecule has 2 N–H and O–H groups in total. The number of benzene rings is 1. The van der Waals surface area contributed by atoms with Crippen LogP contribution in [0.5, 0.6) is 5.75 Å². The van der Waals surface area contributed by atoms with Gasteiger partial charge in [0.1, 0.15) is 23.2 Å². The van der Waals surface area contributed by atoms with Crippen LogP contribution in [0.25, 0.3) is 0 Å². The molecule has 0 aliphatic carbocycles. The van der Waals surface area contributed by atoms with Gasteiger partial charge in [0.05, 0.1) is 11.6 Å². The van der Waals surface area contributed by atoms with E-state index in [2.05, 4.69) is 36.5 Å². The third-order valence-electron chi connectivity index (χ3n) is 2.52. The van der Waals surface area contributed by atoms with Crippen LogP contribution in [0, 0.1) is 6.92 Å². The first-order valence-corrected chi connectivity index (χ1v) is 6.55. The molecule has 0 aliphatic heterocycles. The van der Waals surface area contributed by atoms with Gasteiger partial charge in [-0.1, -0.05) is 0 Å². The van der Waals surface area contributed by atoms with E-state index in [0.717, 1.165) is 27.5 Å². The van der Waals surface area contributed by atoms with Gasteiger partial charge in [-0.2, -0.15) is 0 Å². The zero-order valence-electron chi connectivity index (χ0n) is 11.0. The van der Waals surface area contributed by atoms with E-state index >= 15 is 0 Å². The maximum absolute atomic E-state index is 5.20. The molecule has 0 spiro atoms. The van der Waals surface area contributed by atoms with Gasteiger partial charge in [0.15, 0.2) is 0 Å². The molecular formula is C13H15BrN4O. The minimum atomic E-state index is 0.710. The molecule has 19 heavy (non-hydrogen) atoms. The number of halogens is 1. The number of nitrogens with one attached hydrogen (secondary N) is 2. The first-order chi connectivity index (χ1) is 9.12. The number of methoxy groups -OCH3 is 1. The number of hydrogen-bond donors (Lipinski definition) is 2. The Labute approximate surface area is 120 Å². The van der Waals surface area contributed by atoms with Crippen molar-refractivity contribution < 1.29 is 4.74 Å². The van der Waals surface area contributed by atoms with Gasteiger partial charge >= 0.3 is 0 Å². The lowest BCUT2D eigenvalue weighted by Crippen LogP contribution is -2.01. The standard InChI is InChI=1S/C13H15BrN4O/c1-8-16-12(15-2)7-13(17-8)18-9-4-5-11(19-3)10(14)6-9/h4-7H,1-3H3,(H2,15,16,17,18). The summed E-state index contributed by atoms with van der Waals surface area (Å²) in [4.78, 5) is 8.59. The Hall–Kier alpha value is -1.82. The van der Waals surface area contributed by atoms with E-state index in [1.807, 2.05) is 38.2 Å². The number of nitrogens with zero attached hydrogens (tertiary/aromatic N) is 2. The van der Waals surface area contributed by atoms with Crippen molar-refractivity contribution in [3.63, 3.8) is 0 Å². The highest BCUT2D eigenvalue weighted by atomic mass is 79.9. The Bertz CT molecular complexity index is 589. The summed E-state index contributed by atoms with van der Waals surface area (Å²) >= 11 is 3.45. The van der Waals surface area contributed by atoms with Crippen molar-refractivity contribution >= 4 is 33.3 Å². The average molecular weight is 323 g/mol. The Morgan fingerprint density at radius 1 is 1.16 bits per heavy atom. The highest BCUT2D eigenvalue weighted by Gasteiger charge is 2.04. The Kier molecular flexibility index (Phi) is 4.21. The van der Waals surface area contributed by atoms with Crippen molar-refractivity contribution in [3.8, 4) is 5.75 Å². The van der Waals surface area contributed by atoms with Crippen molar-refractivity contribution in [2.75, 3.05) is 24.8 Å². The van der Waals surface area contributed by atoms with Gasteiger partial charge in [0.2, 0.25) is 0 Å². The number of rotatable bonds is 4. The number of aryl methyl sites for hydroxylation is 1. The summed E-state index contributed by atoms with van der Waals surface area (Å²) in [6, 6.07) is 7.61. The first kappa shape index (κ1) is 13.6. The third-order valence-corrected chi connectivity index (χ3v) is 3.14. The van der Waals surface area contributed by atoms with Crippen molar-refractivity contribution in [1.29, 1.82) is 0 Å². The minimum Gasteiger partial charge on any atom is -0.496 e. The molecule has 0 amide bonds. The fourth-order valence-electron chi connectivity index (χ4n) is 1.65. The molecule has 0 aliphatic rings. The largest absolute Gasteiger partial charge is 0.496 e. The van der Waals surface area contributed by atoms with Crippen LogP contribution >= 0.6 is 15.9 Å². The number of hydrogen-bond acceptors (Lipinski definition) is 5. The monoisotopic (exact) mass is 322 g/mol. The van der Waals surface area contributed by atoms with E-state index in [1.54, 1.807) is 7.11 Å². The van der Waals surface area contributed by atoms with Crippen molar-refractivity contribution in [2.45, 2.75) is 6.92 Å². The van der Waals surface area contributed by atoms with Crippen LogP contribution in [0.2, 0.25) is 0 Å². The predicted molar refractivity (Wildman–Crippen MR) is 80.3 cm³/mol. The average Bonchev–Trinajstić information content (AvgIpc) is 2.38. The molecular weight excluding hydrogens is 308 g/mol. The van der Waals surface area contributed by atoms with Crippen molar-refractivity contribution in [2.24, 2.45) is 0 Å². The molecule has 0 fully saturated rings. The van der Waals surface area contributed by atoms with Gasteiger partial charge in [0, 0.05) is 18.8 Å². The molecule has 0 saturated heterocycles. The van der Waals surface area contributed by atoms with Gasteiger partial charge in [-0.3, -0.25) is 0 Å². The lowest BCUT2D eigenvalue weighted by atomic mass is 10.3. The second kappa shape index (κ2) is 5.88. The minimum absolute atomic E-state index is 0.710. The molecule has 1 heterocycles. The topological polar surface area (TPSA) is 59.1 Å². The van der Waals surface area contributed by atoms with Crippen LogP contribution in [0.15, 0.2) is 28.7 Å². The summed E-state index contributed by atoms with van der Waals surface area (Å²) in [7, 11) is 3.47. The predicted octanol–water partition coefficient (Wildman–Crippen LogP) is 3.34. The summed E-state index contributed by atoms with van der Waals surface area (Å²) in [6.45, 7) is 1.86. The van der Waals surface area contributed by atoms with Crippen LogP contribution in [0.1, 0.15) is 5.82 Å². The summed E-state index contributed by atoms with van der Waals surface area (Å²) in [5, 5.41) is 6.24. The second-order valence-corrected chi connectivity index (χ2v) is 4.76. The van der Waals surface area contributed by atoms with Crippen LogP contribution in [-0.4, -0.2) is 24.1 Å². The molecule has 1 aromatic carbocycles. The normalized spacial score (nSPS) is 10.1. The van der Waals surface area contributed by atoms with E-state index in [-0.39, 0.29) is 0 Å². The number of anilines is 3. The zero-order chi connectivity index (χ0) is 13.8.